The summed E-state index contributed by atoms with van der Waals surface area (Å²) in [5.41, 5.74) is 2.91. The fraction of sp³-hybridized carbons (Fsp3) is 0.176. The Hall–Kier alpha value is -3.44. The van der Waals surface area contributed by atoms with Gasteiger partial charge in [-0.3, -0.25) is 0 Å². The standard InChI is InChI=1S/C34H31BO2Si/c1-33(2)34(3,4)37-35(36-33)28-20-13-23-31-32(28)27-19-10-11-21-30(27)38(31,25-16-6-5-7-17-25)29-22-12-15-24-14-8-9-18-26(24)29/h5-23H,1-4H3. The van der Waals surface area contributed by atoms with Gasteiger partial charge in [0.2, 0.25) is 0 Å². The summed E-state index contributed by atoms with van der Waals surface area (Å²) >= 11 is 0. The quantitative estimate of drug-likeness (QED) is 0.327. The number of rotatable bonds is 3. The maximum absolute atomic E-state index is 6.63. The lowest BCUT2D eigenvalue weighted by Crippen LogP contribution is -2.73. The van der Waals surface area contributed by atoms with Crippen molar-refractivity contribution in [3.63, 3.8) is 0 Å². The molecule has 1 fully saturated rings. The van der Waals surface area contributed by atoms with Crippen LogP contribution in [-0.4, -0.2) is 26.4 Å². The van der Waals surface area contributed by atoms with Crippen molar-refractivity contribution >= 4 is 52.2 Å². The fourth-order valence-corrected chi connectivity index (χ4v) is 12.0. The van der Waals surface area contributed by atoms with Crippen molar-refractivity contribution in [3.05, 3.63) is 115 Å². The van der Waals surface area contributed by atoms with Crippen molar-refractivity contribution < 1.29 is 9.31 Å². The van der Waals surface area contributed by atoms with Crippen molar-refractivity contribution in [3.8, 4) is 11.1 Å². The van der Waals surface area contributed by atoms with Crippen molar-refractivity contribution in [2.75, 3.05) is 0 Å². The summed E-state index contributed by atoms with van der Waals surface area (Å²) in [7, 11) is -3.08. The topological polar surface area (TPSA) is 18.5 Å². The van der Waals surface area contributed by atoms with Gasteiger partial charge in [-0.25, -0.2) is 0 Å². The van der Waals surface area contributed by atoms with Crippen molar-refractivity contribution in [1.82, 2.24) is 0 Å². The first-order valence-electron chi connectivity index (χ1n) is 13.5. The molecule has 0 aliphatic carbocycles. The van der Waals surface area contributed by atoms with E-state index in [-0.39, 0.29) is 0 Å². The van der Waals surface area contributed by atoms with E-state index in [2.05, 4.69) is 143 Å². The predicted molar refractivity (Wildman–Crippen MR) is 162 cm³/mol. The number of fused-ring (bicyclic) bond motifs is 4. The van der Waals surface area contributed by atoms with Crippen LogP contribution < -0.4 is 26.2 Å². The van der Waals surface area contributed by atoms with Gasteiger partial charge in [0.05, 0.1) is 11.2 Å². The third kappa shape index (κ3) is 3.14. The van der Waals surface area contributed by atoms with Crippen molar-refractivity contribution in [2.24, 2.45) is 0 Å². The van der Waals surface area contributed by atoms with Crippen LogP contribution >= 0.6 is 0 Å². The number of hydrogen-bond donors (Lipinski definition) is 0. The fourth-order valence-electron chi connectivity index (χ4n) is 6.52. The van der Waals surface area contributed by atoms with E-state index in [1.54, 1.807) is 0 Å². The summed E-state index contributed by atoms with van der Waals surface area (Å²) in [6.45, 7) is 8.51. The monoisotopic (exact) mass is 510 g/mol. The predicted octanol–water partition coefficient (Wildman–Crippen LogP) is 4.50. The Morgan fingerprint density at radius 2 is 1.13 bits per heavy atom. The molecule has 7 rings (SSSR count). The molecule has 1 unspecified atom stereocenters. The molecular formula is C34H31BO2Si. The highest BCUT2D eigenvalue weighted by atomic mass is 28.3. The summed E-state index contributed by atoms with van der Waals surface area (Å²) in [5.74, 6) is 0. The van der Waals surface area contributed by atoms with E-state index in [4.69, 9.17) is 9.31 Å². The third-order valence-corrected chi connectivity index (χ3v) is 13.9. The third-order valence-electron chi connectivity index (χ3n) is 9.01. The molecule has 0 aromatic heterocycles. The second-order valence-electron chi connectivity index (χ2n) is 11.5. The first kappa shape index (κ1) is 23.7. The smallest absolute Gasteiger partial charge is 0.399 e. The van der Waals surface area contributed by atoms with Gasteiger partial charge >= 0.3 is 7.12 Å². The maximum Gasteiger partial charge on any atom is 0.495 e. The van der Waals surface area contributed by atoms with E-state index in [0.29, 0.717) is 0 Å². The SMILES string of the molecule is CC1(C)OB(c2cccc3c2-c2ccccc2[Si]3(c2ccccc2)c2cccc3ccccc23)OC1(C)C. The Labute approximate surface area is 226 Å². The van der Waals surface area contributed by atoms with E-state index in [1.807, 2.05) is 0 Å². The van der Waals surface area contributed by atoms with E-state index >= 15 is 0 Å². The molecule has 2 nitrogen and oxygen atoms in total. The van der Waals surface area contributed by atoms with E-state index in [1.165, 1.54) is 42.6 Å². The van der Waals surface area contributed by atoms with Gasteiger partial charge in [0, 0.05) is 0 Å². The first-order valence-corrected chi connectivity index (χ1v) is 15.5. The molecule has 5 aromatic carbocycles. The molecule has 2 aliphatic heterocycles. The van der Waals surface area contributed by atoms with Crippen LogP contribution in [0.3, 0.4) is 0 Å². The van der Waals surface area contributed by atoms with Crippen LogP contribution in [0.1, 0.15) is 27.7 Å². The molecule has 2 heterocycles. The molecule has 4 heteroatoms. The van der Waals surface area contributed by atoms with Crippen LogP contribution in [0, 0.1) is 0 Å². The molecule has 1 saturated heterocycles. The highest BCUT2D eigenvalue weighted by Crippen LogP contribution is 2.38. The first-order chi connectivity index (χ1) is 18.3. The lowest BCUT2D eigenvalue weighted by molar-refractivity contribution is 0.00578. The van der Waals surface area contributed by atoms with Gasteiger partial charge in [-0.2, -0.15) is 0 Å². The Morgan fingerprint density at radius 3 is 1.92 bits per heavy atom. The van der Waals surface area contributed by atoms with Crippen LogP contribution in [0.2, 0.25) is 0 Å². The van der Waals surface area contributed by atoms with Crippen LogP contribution in [-0.2, 0) is 9.31 Å². The molecule has 2 aliphatic rings. The zero-order chi connectivity index (χ0) is 26.1. The lowest BCUT2D eigenvalue weighted by Gasteiger charge is -2.32. The Kier molecular flexibility index (Phi) is 5.16. The van der Waals surface area contributed by atoms with Crippen LogP contribution in [0.5, 0.6) is 0 Å². The highest BCUT2D eigenvalue weighted by molar-refractivity contribution is 7.23. The normalized spacial score (nSPS) is 20.9. The molecule has 0 N–H and O–H groups in total. The largest absolute Gasteiger partial charge is 0.495 e. The van der Waals surface area contributed by atoms with Crippen LogP contribution in [0.25, 0.3) is 21.9 Å². The molecule has 0 radical (unpaired) electrons. The summed E-state index contributed by atoms with van der Waals surface area (Å²) in [6, 6.07) is 42.6. The van der Waals surface area contributed by atoms with E-state index in [9.17, 15) is 0 Å². The average Bonchev–Trinajstić information content (AvgIpc) is 3.36. The number of hydrogen-bond acceptors (Lipinski definition) is 2. The van der Waals surface area contributed by atoms with Gasteiger partial charge in [0.1, 0.15) is 0 Å². The number of benzene rings is 5. The molecular weight excluding hydrogens is 479 g/mol. The average molecular weight is 511 g/mol. The molecule has 5 aromatic rings. The molecule has 1 atom stereocenters. The lowest BCUT2D eigenvalue weighted by atomic mass is 9.74. The van der Waals surface area contributed by atoms with Crippen LogP contribution in [0.15, 0.2) is 115 Å². The second-order valence-corrected chi connectivity index (χ2v) is 15.2. The molecule has 186 valence electrons. The summed E-state index contributed by atoms with van der Waals surface area (Å²) in [4.78, 5) is 0. The van der Waals surface area contributed by atoms with Gasteiger partial charge in [0.15, 0.2) is 8.07 Å². The van der Waals surface area contributed by atoms with E-state index < -0.39 is 26.4 Å². The molecule has 0 bridgehead atoms. The highest BCUT2D eigenvalue weighted by Gasteiger charge is 2.55. The summed E-state index contributed by atoms with van der Waals surface area (Å²) < 4.78 is 13.3. The summed E-state index contributed by atoms with van der Waals surface area (Å²) in [5, 5.41) is 8.28. The minimum Gasteiger partial charge on any atom is -0.399 e. The van der Waals surface area contributed by atoms with Gasteiger partial charge < -0.3 is 9.31 Å². The Bertz CT molecular complexity index is 1670. The molecule has 0 amide bonds. The minimum atomic E-state index is -2.66. The Morgan fingerprint density at radius 1 is 0.553 bits per heavy atom. The summed E-state index contributed by atoms with van der Waals surface area (Å²) in [6.07, 6.45) is 0. The molecule has 38 heavy (non-hydrogen) atoms. The zero-order valence-electron chi connectivity index (χ0n) is 22.4. The molecule has 0 saturated carbocycles. The Balaban J connectivity index is 1.60. The van der Waals surface area contributed by atoms with Gasteiger partial charge in [-0.15, -0.1) is 0 Å². The second kappa shape index (κ2) is 8.28. The van der Waals surface area contributed by atoms with Crippen molar-refractivity contribution in [1.29, 1.82) is 0 Å². The zero-order valence-corrected chi connectivity index (χ0v) is 23.4. The minimum absolute atomic E-state index is 0.401. The van der Waals surface area contributed by atoms with Gasteiger partial charge in [-0.05, 0) is 75.8 Å². The van der Waals surface area contributed by atoms with Gasteiger partial charge in [0.25, 0.3) is 0 Å². The van der Waals surface area contributed by atoms with Gasteiger partial charge in [-0.1, -0.05) is 115 Å². The van der Waals surface area contributed by atoms with E-state index in [0.717, 1.165) is 5.46 Å². The molecule has 0 spiro atoms. The van der Waals surface area contributed by atoms with Crippen molar-refractivity contribution in [2.45, 2.75) is 38.9 Å². The van der Waals surface area contributed by atoms with Crippen LogP contribution in [0.4, 0.5) is 0 Å². The maximum atomic E-state index is 6.63.